The average Bonchev–Trinajstić information content (AvgIpc) is 3.29. The van der Waals surface area contributed by atoms with E-state index in [1.807, 2.05) is 37.3 Å². The second kappa shape index (κ2) is 24.4. The number of hydrogen-bond acceptors (Lipinski definition) is 14. The van der Waals surface area contributed by atoms with Crippen LogP contribution in [0.1, 0.15) is 81.9 Å². The van der Waals surface area contributed by atoms with Crippen LogP contribution < -0.4 is 48.5 Å². The van der Waals surface area contributed by atoms with Crippen LogP contribution in [0.5, 0.6) is 46.0 Å². The molecule has 6 atom stereocenters. The monoisotopic (exact) mass is 901 g/mol. The van der Waals surface area contributed by atoms with Gasteiger partial charge in [0, 0.05) is 60.6 Å². The quantitative estimate of drug-likeness (QED) is 0.0499. The van der Waals surface area contributed by atoms with Crippen molar-refractivity contribution in [2.45, 2.75) is 49.9 Å². The molecular formula is C49H52NNaO14. The molecule has 16 heteroatoms. The zero-order valence-electron chi connectivity index (χ0n) is 36.3. The number of carbonyl (C=O) groups is 1. The first-order chi connectivity index (χ1) is 30.8. The maximum Gasteiger partial charge on any atom is 1.00 e. The van der Waals surface area contributed by atoms with Gasteiger partial charge in [0.05, 0.1) is 38.1 Å². The van der Waals surface area contributed by atoms with Crippen molar-refractivity contribution in [1.82, 2.24) is 0 Å². The van der Waals surface area contributed by atoms with Gasteiger partial charge in [0.25, 0.3) is 0 Å². The number of aliphatic hydroxyl groups excluding tert-OH is 4. The van der Waals surface area contributed by atoms with Crippen molar-refractivity contribution in [3.63, 3.8) is 0 Å². The number of nitrogens with one attached hydrogen (secondary N) is 1. The summed E-state index contributed by atoms with van der Waals surface area (Å²) in [6.07, 6.45) is -1.98. The summed E-state index contributed by atoms with van der Waals surface area (Å²) in [5.74, 6) is 6.81. The molecule has 3 heterocycles. The van der Waals surface area contributed by atoms with Gasteiger partial charge in [-0.25, -0.2) is 0 Å². The Bertz CT molecular complexity index is 2320. The van der Waals surface area contributed by atoms with Crippen LogP contribution in [-0.4, -0.2) is 79.0 Å². The van der Waals surface area contributed by atoms with Crippen LogP contribution in [0.25, 0.3) is 5.90 Å². The van der Waals surface area contributed by atoms with Gasteiger partial charge in [0.2, 0.25) is 0 Å². The van der Waals surface area contributed by atoms with Gasteiger partial charge in [-0.05, 0) is 95.9 Å². The van der Waals surface area contributed by atoms with Crippen LogP contribution >= 0.6 is 0 Å². The van der Waals surface area contributed by atoms with E-state index in [1.165, 1.54) is 31.2 Å². The second-order valence-corrected chi connectivity index (χ2v) is 14.9. The number of aryl methyl sites for hydroxylation is 1. The van der Waals surface area contributed by atoms with Crippen molar-refractivity contribution in [3.05, 3.63) is 172 Å². The molecule has 6 aromatic carbocycles. The van der Waals surface area contributed by atoms with Crippen molar-refractivity contribution in [2.24, 2.45) is 0 Å². The topological polar surface area (TPSA) is 260 Å². The summed E-state index contributed by atoms with van der Waals surface area (Å²) >= 11 is 0. The maximum absolute atomic E-state index is 10.9. The molecule has 6 aromatic rings. The van der Waals surface area contributed by atoms with E-state index in [-0.39, 0.29) is 76.3 Å². The molecule has 15 nitrogen and oxygen atoms in total. The van der Waals surface area contributed by atoms with Gasteiger partial charge in [-0.3, -0.25) is 4.79 Å². The number of aliphatic hydroxyl groups is 4. The smallest absolute Gasteiger partial charge is 0.553 e. The summed E-state index contributed by atoms with van der Waals surface area (Å²) in [5, 5.41) is 82.1. The van der Waals surface area contributed by atoms with Crippen LogP contribution in [-0.2, 0) is 4.79 Å². The molecule has 0 spiro atoms. The molecule has 0 fully saturated rings. The van der Waals surface area contributed by atoms with Crippen molar-refractivity contribution in [1.29, 1.82) is 0 Å². The Labute approximate surface area is 398 Å². The largest absolute Gasteiger partial charge is 1.00 e. The first kappa shape index (κ1) is 51.8. The Morgan fingerprint density at radius 1 is 0.508 bits per heavy atom. The van der Waals surface area contributed by atoms with Gasteiger partial charge >= 0.3 is 35.5 Å². The van der Waals surface area contributed by atoms with Crippen LogP contribution in [0.2, 0.25) is 0 Å². The predicted molar refractivity (Wildman–Crippen MR) is 235 cm³/mol. The maximum atomic E-state index is 10.9. The third kappa shape index (κ3) is 13.1. The molecule has 0 aromatic heterocycles. The number of esters is 1. The van der Waals surface area contributed by atoms with E-state index in [0.29, 0.717) is 48.2 Å². The van der Waals surface area contributed by atoms with Gasteiger partial charge in [-0.15, -0.1) is 0 Å². The third-order valence-corrected chi connectivity index (χ3v) is 10.7. The molecule has 10 N–H and O–H groups in total. The van der Waals surface area contributed by atoms with E-state index < -0.39 is 18.3 Å². The van der Waals surface area contributed by atoms with Crippen molar-refractivity contribution in [3.8, 4) is 46.0 Å². The standard InChI is InChI=1S/C18H18O4.2C15H14O4.CH4O.H2NO.Na/c1-11-3-8-15-17(9-11)21-10-16(18(15)20)13-4-6-14(7-5-13)22-12(2)19;2*16-10-3-1-9(2-4-10)13-8-19-14-7-11(17)5-6-12(14)15(13)18;2*1-2;/h3-9,16,18,20H,10H2,1-2H3;2*1-7,13,15-18H,8H2;2H,1H3;1-2H;/q;;;;-1;+1/t16-,18+;13-,15+;13-,15-;;;/m000.../s1. The molecule has 0 unspecified atom stereocenters. The summed E-state index contributed by atoms with van der Waals surface area (Å²) in [5.41, 5.74) is 6.02. The van der Waals surface area contributed by atoms with E-state index in [0.717, 1.165) is 40.7 Å². The van der Waals surface area contributed by atoms with Gasteiger partial charge in [-0.2, -0.15) is 0 Å². The van der Waals surface area contributed by atoms with Gasteiger partial charge in [0.15, 0.2) is 0 Å². The summed E-state index contributed by atoms with van der Waals surface area (Å²) < 4.78 is 22.0. The summed E-state index contributed by atoms with van der Waals surface area (Å²) in [6, 6.07) is 35.9. The molecule has 0 aliphatic carbocycles. The zero-order valence-corrected chi connectivity index (χ0v) is 38.3. The Balaban J connectivity index is 0.000000204. The fraction of sp³-hybridized carbons (Fsp3) is 0.245. The normalized spacial score (nSPS) is 19.5. The number of ether oxygens (including phenoxy) is 4. The minimum atomic E-state index is -0.686. The molecule has 3 aliphatic rings. The average molecular weight is 902 g/mol. The van der Waals surface area contributed by atoms with Crippen molar-refractivity contribution >= 4 is 5.97 Å². The van der Waals surface area contributed by atoms with E-state index in [9.17, 15) is 40.5 Å². The minimum Gasteiger partial charge on any atom is -0.553 e. The van der Waals surface area contributed by atoms with Crippen LogP contribution in [0.4, 0.5) is 0 Å². The number of phenols is 4. The SMILES string of the molecule is CC(=O)Oc1ccc([C@@H]2COc3cc(C)ccc3[C@H]2O)cc1.CO.Oc1ccc([C@@H]2COc3cc(O)ccc3[C@@H]2O)cc1.Oc1ccc([C@@H]2COc3cc(O)ccc3[C@H]2O)cc1.[NH-]O.[Na+]. The number of fused-ring (bicyclic) bond motifs is 3. The molecule has 0 saturated carbocycles. The Hall–Kier alpha value is -5.85. The van der Waals surface area contributed by atoms with Crippen LogP contribution in [0.15, 0.2) is 127 Å². The molecule has 65 heavy (non-hydrogen) atoms. The minimum absolute atomic E-state index is 0. The van der Waals surface area contributed by atoms with Crippen molar-refractivity contribution < 1.29 is 99.4 Å². The summed E-state index contributed by atoms with van der Waals surface area (Å²) in [7, 11) is 1.00. The Kier molecular flexibility index (Phi) is 19.5. The van der Waals surface area contributed by atoms with E-state index in [1.54, 1.807) is 72.8 Å². The van der Waals surface area contributed by atoms with Crippen LogP contribution in [0, 0.1) is 6.92 Å². The fourth-order valence-electron chi connectivity index (χ4n) is 7.49. The third-order valence-electron chi connectivity index (χ3n) is 10.7. The number of carbonyl (C=O) groups excluding carboxylic acids is 1. The summed E-state index contributed by atoms with van der Waals surface area (Å²) in [4.78, 5) is 10.9. The molecule has 0 bridgehead atoms. The number of aromatic hydroxyl groups is 4. The number of phenolic OH excluding ortho intramolecular Hbond substituents is 4. The molecular weight excluding hydrogens is 850 g/mol. The first-order valence-electron chi connectivity index (χ1n) is 20.1. The Morgan fingerprint density at radius 3 is 1.17 bits per heavy atom. The van der Waals surface area contributed by atoms with Crippen LogP contribution in [0.3, 0.4) is 0 Å². The fourth-order valence-corrected chi connectivity index (χ4v) is 7.49. The predicted octanol–water partition coefficient (Wildman–Crippen LogP) is 4.79. The number of rotatable bonds is 4. The second-order valence-electron chi connectivity index (χ2n) is 14.9. The molecule has 9 rings (SSSR count). The van der Waals surface area contributed by atoms with Gasteiger partial charge in [-0.1, -0.05) is 48.5 Å². The molecule has 0 saturated heterocycles. The Morgan fingerprint density at radius 2 is 0.815 bits per heavy atom. The van der Waals surface area contributed by atoms with Gasteiger partial charge in [0.1, 0.15) is 46.0 Å². The molecule has 0 amide bonds. The molecule has 0 radical (unpaired) electrons. The van der Waals surface area contributed by atoms with E-state index in [2.05, 4.69) is 0 Å². The van der Waals surface area contributed by atoms with Crippen molar-refractivity contribution in [2.75, 3.05) is 26.9 Å². The zero-order chi connectivity index (χ0) is 46.5. The van der Waals surface area contributed by atoms with E-state index >= 15 is 0 Å². The molecule has 3 aliphatic heterocycles. The summed E-state index contributed by atoms with van der Waals surface area (Å²) in [6.45, 7) is 4.46. The van der Waals surface area contributed by atoms with Gasteiger partial charge < -0.3 is 70.9 Å². The number of hydrogen-bond donors (Lipinski definition) is 9. The number of benzene rings is 6. The first-order valence-corrected chi connectivity index (χ1v) is 20.1. The molecule has 338 valence electrons. The van der Waals surface area contributed by atoms with E-state index in [4.69, 9.17) is 35.2 Å².